The molecule has 1 aromatic heterocycles. The molecular formula is C21H23F3N2O. The van der Waals surface area contributed by atoms with Crippen molar-refractivity contribution in [3.63, 3.8) is 0 Å². The second kappa shape index (κ2) is 9.35. The highest BCUT2D eigenvalue weighted by Gasteiger charge is 2.31. The van der Waals surface area contributed by atoms with Crippen LogP contribution in [0.1, 0.15) is 48.5 Å². The third-order valence-electron chi connectivity index (χ3n) is 4.21. The minimum atomic E-state index is -4.44. The van der Waals surface area contributed by atoms with Gasteiger partial charge in [0, 0.05) is 18.4 Å². The molecule has 27 heavy (non-hydrogen) atoms. The summed E-state index contributed by atoms with van der Waals surface area (Å²) in [6.45, 7) is 6.05. The number of unbranched alkanes of at least 4 members (excludes halogenated alkanes) is 3. The summed E-state index contributed by atoms with van der Waals surface area (Å²) in [4.78, 5) is 18.2. The van der Waals surface area contributed by atoms with Gasteiger partial charge in [-0.1, -0.05) is 38.8 Å². The lowest BCUT2D eigenvalue weighted by Gasteiger charge is -2.26. The highest BCUT2D eigenvalue weighted by atomic mass is 19.4. The molecule has 0 saturated heterocycles. The Morgan fingerprint density at radius 3 is 2.63 bits per heavy atom. The Bertz CT molecular complexity index is 787. The van der Waals surface area contributed by atoms with Crippen LogP contribution in [0.3, 0.4) is 0 Å². The largest absolute Gasteiger partial charge is 0.416 e. The molecule has 0 bridgehead atoms. The van der Waals surface area contributed by atoms with Crippen LogP contribution in [0.4, 0.5) is 24.7 Å². The van der Waals surface area contributed by atoms with Crippen LogP contribution < -0.4 is 4.90 Å². The second-order valence-corrected chi connectivity index (χ2v) is 6.20. The maximum atomic E-state index is 13.1. The summed E-state index contributed by atoms with van der Waals surface area (Å²) in [5, 5.41) is 0. The van der Waals surface area contributed by atoms with Crippen LogP contribution in [0.15, 0.2) is 55.3 Å². The predicted molar refractivity (Wildman–Crippen MR) is 101 cm³/mol. The summed E-state index contributed by atoms with van der Waals surface area (Å²) in [5.41, 5.74) is -0.0513. The van der Waals surface area contributed by atoms with Gasteiger partial charge >= 0.3 is 6.18 Å². The summed E-state index contributed by atoms with van der Waals surface area (Å²) in [5.74, 6) is 0.0295. The molecule has 0 saturated carbocycles. The number of alkyl halides is 3. The summed E-state index contributed by atoms with van der Waals surface area (Å²) in [6, 6.07) is 8.34. The molecule has 3 nitrogen and oxygen atoms in total. The molecule has 0 aliphatic heterocycles. The van der Waals surface area contributed by atoms with Crippen LogP contribution >= 0.6 is 0 Å². The van der Waals surface area contributed by atoms with E-state index in [1.807, 2.05) is 0 Å². The standard InChI is InChI=1S/C21H23F3N2O/c1-3-5-6-7-14-26(17-11-8-10-16(15-17)21(22,23)24)20-18(19(27)4-2)12-9-13-25-20/h4,8-13,15H,2-3,5-7,14H2,1H3. The number of carbonyl (C=O) groups is 1. The lowest BCUT2D eigenvalue weighted by molar-refractivity contribution is -0.137. The van der Waals surface area contributed by atoms with E-state index in [9.17, 15) is 18.0 Å². The second-order valence-electron chi connectivity index (χ2n) is 6.20. The average Bonchev–Trinajstić information content (AvgIpc) is 2.67. The Morgan fingerprint density at radius 1 is 1.19 bits per heavy atom. The first-order chi connectivity index (χ1) is 12.9. The number of hydrogen-bond donors (Lipinski definition) is 0. The van der Waals surface area contributed by atoms with Crippen LogP contribution in [0.25, 0.3) is 0 Å². The molecule has 1 aromatic carbocycles. The predicted octanol–water partition coefficient (Wildman–Crippen LogP) is 6.19. The van der Waals surface area contributed by atoms with Crippen molar-refractivity contribution in [2.24, 2.45) is 0 Å². The van der Waals surface area contributed by atoms with Crippen LogP contribution in [0.5, 0.6) is 0 Å². The molecule has 1 heterocycles. The zero-order valence-corrected chi connectivity index (χ0v) is 15.3. The smallest absolute Gasteiger partial charge is 0.326 e. The van der Waals surface area contributed by atoms with Crippen LogP contribution in [0.2, 0.25) is 0 Å². The van der Waals surface area contributed by atoms with Crippen molar-refractivity contribution in [3.8, 4) is 0 Å². The van der Waals surface area contributed by atoms with Crippen molar-refractivity contribution in [1.82, 2.24) is 4.98 Å². The first-order valence-corrected chi connectivity index (χ1v) is 8.95. The third kappa shape index (κ3) is 5.42. The molecular weight excluding hydrogens is 353 g/mol. The number of allylic oxidation sites excluding steroid dienone is 1. The molecule has 0 N–H and O–H groups in total. The van der Waals surface area contributed by atoms with E-state index >= 15 is 0 Å². The van der Waals surface area contributed by atoms with Gasteiger partial charge in [-0.15, -0.1) is 0 Å². The molecule has 2 aromatic rings. The molecule has 0 amide bonds. The van der Waals surface area contributed by atoms with Gasteiger partial charge in [0.05, 0.1) is 11.1 Å². The molecule has 0 aliphatic rings. The van der Waals surface area contributed by atoms with Crippen molar-refractivity contribution < 1.29 is 18.0 Å². The van der Waals surface area contributed by atoms with Gasteiger partial charge in [0.2, 0.25) is 0 Å². The number of nitrogens with zero attached hydrogens (tertiary/aromatic N) is 2. The van der Waals surface area contributed by atoms with Crippen LogP contribution in [-0.2, 0) is 6.18 Å². The van der Waals surface area contributed by atoms with Crippen molar-refractivity contribution in [1.29, 1.82) is 0 Å². The van der Waals surface area contributed by atoms with E-state index in [0.717, 1.165) is 37.8 Å². The van der Waals surface area contributed by atoms with Gasteiger partial charge in [-0.2, -0.15) is 13.2 Å². The Hall–Kier alpha value is -2.63. The number of rotatable bonds is 9. The van der Waals surface area contributed by atoms with E-state index in [2.05, 4.69) is 18.5 Å². The summed E-state index contributed by atoms with van der Waals surface area (Å²) >= 11 is 0. The average molecular weight is 376 g/mol. The molecule has 2 rings (SSSR count). The van der Waals surface area contributed by atoms with Crippen molar-refractivity contribution >= 4 is 17.3 Å². The summed E-state index contributed by atoms with van der Waals surface area (Å²) in [7, 11) is 0. The Balaban J connectivity index is 2.47. The molecule has 0 unspecified atom stereocenters. The van der Waals surface area contributed by atoms with Crippen molar-refractivity contribution in [2.75, 3.05) is 11.4 Å². The topological polar surface area (TPSA) is 33.2 Å². The number of hydrogen-bond acceptors (Lipinski definition) is 3. The van der Waals surface area contributed by atoms with Gasteiger partial charge in [0.25, 0.3) is 0 Å². The van der Waals surface area contributed by atoms with E-state index in [0.29, 0.717) is 23.6 Å². The first kappa shape index (κ1) is 20.7. The highest BCUT2D eigenvalue weighted by Crippen LogP contribution is 2.34. The Morgan fingerprint density at radius 2 is 1.96 bits per heavy atom. The number of anilines is 2. The van der Waals surface area contributed by atoms with E-state index in [4.69, 9.17) is 0 Å². The number of carbonyl (C=O) groups excluding carboxylic acids is 1. The van der Waals surface area contributed by atoms with Gasteiger partial charge in [-0.05, 0) is 42.8 Å². The van der Waals surface area contributed by atoms with E-state index in [1.165, 1.54) is 18.3 Å². The molecule has 0 aliphatic carbocycles. The molecule has 0 spiro atoms. The van der Waals surface area contributed by atoms with E-state index in [-0.39, 0.29) is 5.78 Å². The fourth-order valence-corrected chi connectivity index (χ4v) is 2.82. The number of pyridine rings is 1. The highest BCUT2D eigenvalue weighted by molar-refractivity contribution is 6.08. The van der Waals surface area contributed by atoms with Crippen molar-refractivity contribution in [2.45, 2.75) is 38.8 Å². The number of benzene rings is 1. The molecule has 0 atom stereocenters. The third-order valence-corrected chi connectivity index (χ3v) is 4.21. The van der Waals surface area contributed by atoms with Crippen LogP contribution in [-0.4, -0.2) is 17.3 Å². The fraction of sp³-hybridized carbons (Fsp3) is 0.333. The minimum Gasteiger partial charge on any atom is -0.326 e. The van der Waals surface area contributed by atoms with Gasteiger partial charge in [-0.3, -0.25) is 4.79 Å². The molecule has 144 valence electrons. The summed E-state index contributed by atoms with van der Waals surface area (Å²) < 4.78 is 39.4. The van der Waals surface area contributed by atoms with Crippen molar-refractivity contribution in [3.05, 3.63) is 66.4 Å². The zero-order valence-electron chi connectivity index (χ0n) is 15.3. The van der Waals surface area contributed by atoms with Gasteiger partial charge in [0.1, 0.15) is 5.82 Å². The minimum absolute atomic E-state index is 0.316. The normalized spacial score (nSPS) is 11.3. The number of ketones is 1. The fourth-order valence-electron chi connectivity index (χ4n) is 2.82. The maximum absolute atomic E-state index is 13.1. The van der Waals surface area contributed by atoms with Crippen LogP contribution in [0, 0.1) is 0 Å². The quantitative estimate of drug-likeness (QED) is 0.297. The number of halogens is 3. The van der Waals surface area contributed by atoms with E-state index in [1.54, 1.807) is 23.1 Å². The Kier molecular flexibility index (Phi) is 7.16. The van der Waals surface area contributed by atoms with Gasteiger partial charge < -0.3 is 4.90 Å². The zero-order chi connectivity index (χ0) is 19.9. The number of aromatic nitrogens is 1. The first-order valence-electron chi connectivity index (χ1n) is 8.95. The van der Waals surface area contributed by atoms with E-state index < -0.39 is 11.7 Å². The summed E-state index contributed by atoms with van der Waals surface area (Å²) in [6.07, 6.45) is 2.09. The monoisotopic (exact) mass is 376 g/mol. The Labute approximate surface area is 157 Å². The molecule has 6 heteroatoms. The molecule has 0 fully saturated rings. The van der Waals surface area contributed by atoms with Gasteiger partial charge in [-0.25, -0.2) is 4.98 Å². The van der Waals surface area contributed by atoms with Gasteiger partial charge in [0.15, 0.2) is 5.78 Å². The maximum Gasteiger partial charge on any atom is 0.416 e. The lowest BCUT2D eigenvalue weighted by atomic mass is 10.1. The molecule has 0 radical (unpaired) electrons. The SMILES string of the molecule is C=CC(=O)c1cccnc1N(CCCCCC)c1cccc(C(F)(F)F)c1. The lowest BCUT2D eigenvalue weighted by Crippen LogP contribution is -2.22.